The Balaban J connectivity index is 0.000000259. The Morgan fingerprint density at radius 2 is 1.53 bits per heavy atom. The lowest BCUT2D eigenvalue weighted by molar-refractivity contribution is -0.113. The zero-order valence-electron chi connectivity index (χ0n) is 18.4. The maximum atomic E-state index is 12.4. The van der Waals surface area contributed by atoms with Gasteiger partial charge in [0, 0.05) is 18.7 Å². The summed E-state index contributed by atoms with van der Waals surface area (Å²) in [5.41, 5.74) is 0.522. The molecule has 186 valence electrons. The molecule has 0 amide bonds. The van der Waals surface area contributed by atoms with Gasteiger partial charge in [-0.2, -0.15) is 0 Å². The number of hydrogen-bond acceptors (Lipinski definition) is 11. The molecule has 0 bridgehead atoms. The molecule has 1 aromatic heterocycles. The minimum Gasteiger partial charge on any atom is -0.508 e. The number of rotatable bonds is 8. The number of phenols is 3. The SMILES string of the molecule is CCNC[C@H](O)[C@@H](O)[C@H](O)[C@H](O)CO.O=c1c(-c2ccc(O)cc2)coc2cc(O)cc(O)c12. The monoisotopic (exact) mass is 479 g/mol. The molecule has 4 atom stereocenters. The first kappa shape index (κ1) is 27.1. The average Bonchev–Trinajstić information content (AvgIpc) is 2.82. The number of phenolic OH excluding ortho intramolecular Hbond substituents is 3. The van der Waals surface area contributed by atoms with Crippen molar-refractivity contribution >= 4 is 11.0 Å². The van der Waals surface area contributed by atoms with E-state index in [2.05, 4.69) is 5.32 Å². The molecule has 3 aromatic rings. The quantitative estimate of drug-likeness (QED) is 0.203. The van der Waals surface area contributed by atoms with Gasteiger partial charge in [-0.15, -0.1) is 0 Å². The van der Waals surface area contributed by atoms with Crippen LogP contribution in [-0.4, -0.2) is 85.0 Å². The van der Waals surface area contributed by atoms with Crippen molar-refractivity contribution in [3.63, 3.8) is 0 Å². The van der Waals surface area contributed by atoms with Crippen LogP contribution in [0.25, 0.3) is 22.1 Å². The lowest BCUT2D eigenvalue weighted by Gasteiger charge is -2.25. The molecule has 0 spiro atoms. The van der Waals surface area contributed by atoms with E-state index in [0.717, 1.165) is 6.07 Å². The average molecular weight is 479 g/mol. The van der Waals surface area contributed by atoms with Gasteiger partial charge < -0.3 is 50.6 Å². The van der Waals surface area contributed by atoms with Gasteiger partial charge in [-0.1, -0.05) is 19.1 Å². The van der Waals surface area contributed by atoms with Gasteiger partial charge in [0.05, 0.1) is 18.3 Å². The maximum Gasteiger partial charge on any atom is 0.204 e. The number of hydrogen-bond donors (Lipinski definition) is 9. The fourth-order valence-electron chi connectivity index (χ4n) is 3.03. The summed E-state index contributed by atoms with van der Waals surface area (Å²) >= 11 is 0. The van der Waals surface area contributed by atoms with Gasteiger partial charge in [0.15, 0.2) is 0 Å². The highest BCUT2D eigenvalue weighted by Gasteiger charge is 2.29. The number of aliphatic hydroxyl groups excluding tert-OH is 5. The largest absolute Gasteiger partial charge is 0.508 e. The van der Waals surface area contributed by atoms with Crippen molar-refractivity contribution in [2.75, 3.05) is 19.7 Å². The first-order valence-electron chi connectivity index (χ1n) is 10.4. The summed E-state index contributed by atoms with van der Waals surface area (Å²) in [7, 11) is 0. The van der Waals surface area contributed by atoms with Crippen LogP contribution in [0.3, 0.4) is 0 Å². The molecule has 11 nitrogen and oxygen atoms in total. The minimum atomic E-state index is -1.55. The van der Waals surface area contributed by atoms with Gasteiger partial charge in [-0.05, 0) is 24.2 Å². The molecular formula is C23H29NO10. The smallest absolute Gasteiger partial charge is 0.204 e. The van der Waals surface area contributed by atoms with E-state index in [9.17, 15) is 35.4 Å². The summed E-state index contributed by atoms with van der Waals surface area (Å²) in [4.78, 5) is 12.4. The Kier molecular flexibility index (Phi) is 9.81. The molecule has 3 rings (SSSR count). The third-order valence-electron chi connectivity index (χ3n) is 4.95. The van der Waals surface area contributed by atoms with Crippen molar-refractivity contribution in [3.05, 3.63) is 52.9 Å². The predicted octanol–water partition coefficient (Wildman–Crippen LogP) is -0.391. The predicted molar refractivity (Wildman–Crippen MR) is 123 cm³/mol. The van der Waals surface area contributed by atoms with Crippen molar-refractivity contribution in [2.45, 2.75) is 31.3 Å². The summed E-state index contributed by atoms with van der Waals surface area (Å²) in [6, 6.07) is 8.40. The van der Waals surface area contributed by atoms with Gasteiger partial charge >= 0.3 is 0 Å². The van der Waals surface area contributed by atoms with Crippen LogP contribution < -0.4 is 10.7 Å². The number of benzene rings is 2. The van der Waals surface area contributed by atoms with Crippen LogP contribution in [-0.2, 0) is 0 Å². The van der Waals surface area contributed by atoms with Gasteiger partial charge in [0.2, 0.25) is 5.43 Å². The van der Waals surface area contributed by atoms with Crippen LogP contribution in [0.15, 0.2) is 51.9 Å². The Hall–Kier alpha value is -3.19. The van der Waals surface area contributed by atoms with E-state index in [0.29, 0.717) is 12.1 Å². The topological polar surface area (TPSA) is 204 Å². The number of fused-ring (bicyclic) bond motifs is 1. The Morgan fingerprint density at radius 3 is 2.12 bits per heavy atom. The highest BCUT2D eigenvalue weighted by atomic mass is 16.4. The van der Waals surface area contributed by atoms with Crippen molar-refractivity contribution in [3.8, 4) is 28.4 Å². The van der Waals surface area contributed by atoms with E-state index in [4.69, 9.17) is 14.6 Å². The second-order valence-corrected chi connectivity index (χ2v) is 7.47. The van der Waals surface area contributed by atoms with E-state index < -0.39 is 36.5 Å². The third kappa shape index (κ3) is 6.67. The van der Waals surface area contributed by atoms with E-state index >= 15 is 0 Å². The number of aromatic hydroxyl groups is 3. The van der Waals surface area contributed by atoms with E-state index in [1.165, 1.54) is 24.5 Å². The molecule has 11 heteroatoms. The van der Waals surface area contributed by atoms with Gasteiger partial charge in [-0.25, -0.2) is 0 Å². The van der Waals surface area contributed by atoms with Crippen molar-refractivity contribution < 1.29 is 45.3 Å². The molecule has 0 aliphatic heterocycles. The normalized spacial score (nSPS) is 14.6. The van der Waals surface area contributed by atoms with Crippen LogP contribution in [0, 0.1) is 0 Å². The van der Waals surface area contributed by atoms with E-state index in [-0.39, 0.29) is 40.3 Å². The first-order chi connectivity index (χ1) is 16.1. The van der Waals surface area contributed by atoms with Gasteiger partial charge in [0.25, 0.3) is 0 Å². The zero-order chi connectivity index (χ0) is 25.4. The Bertz CT molecular complexity index is 1120. The van der Waals surface area contributed by atoms with Crippen LogP contribution in [0.5, 0.6) is 17.2 Å². The molecule has 0 unspecified atom stereocenters. The lowest BCUT2D eigenvalue weighted by atomic mass is 10.0. The van der Waals surface area contributed by atoms with Crippen LogP contribution in [0.1, 0.15) is 6.92 Å². The fourth-order valence-corrected chi connectivity index (χ4v) is 3.03. The summed E-state index contributed by atoms with van der Waals surface area (Å²) in [6.45, 7) is 1.92. The molecule has 0 aliphatic rings. The molecule has 1 heterocycles. The van der Waals surface area contributed by atoms with E-state index in [1.54, 1.807) is 12.1 Å². The lowest BCUT2D eigenvalue weighted by Crippen LogP contribution is -2.49. The molecule has 0 saturated heterocycles. The summed E-state index contributed by atoms with van der Waals surface area (Å²) in [5, 5.41) is 76.5. The Labute approximate surface area is 194 Å². The molecule has 0 aliphatic carbocycles. The van der Waals surface area contributed by atoms with Crippen LogP contribution in [0.2, 0.25) is 0 Å². The second kappa shape index (κ2) is 12.3. The number of nitrogens with one attached hydrogen (secondary N) is 1. The highest BCUT2D eigenvalue weighted by Crippen LogP contribution is 2.29. The van der Waals surface area contributed by atoms with Gasteiger partial charge in [0.1, 0.15) is 52.8 Å². The fraction of sp³-hybridized carbons (Fsp3) is 0.348. The number of likely N-dealkylation sites (N-methyl/N-ethyl adjacent to an activating group) is 1. The molecule has 34 heavy (non-hydrogen) atoms. The second-order valence-electron chi connectivity index (χ2n) is 7.47. The molecule has 9 N–H and O–H groups in total. The first-order valence-corrected chi connectivity index (χ1v) is 10.4. The minimum absolute atomic E-state index is 0.00775. The number of aliphatic hydroxyl groups is 5. The van der Waals surface area contributed by atoms with Crippen LogP contribution >= 0.6 is 0 Å². The highest BCUT2D eigenvalue weighted by molar-refractivity contribution is 5.87. The van der Waals surface area contributed by atoms with Crippen molar-refractivity contribution in [2.24, 2.45) is 0 Å². The van der Waals surface area contributed by atoms with Crippen LogP contribution in [0.4, 0.5) is 0 Å². The van der Waals surface area contributed by atoms with Gasteiger partial charge in [-0.3, -0.25) is 4.79 Å². The van der Waals surface area contributed by atoms with Crippen molar-refractivity contribution in [1.29, 1.82) is 0 Å². The Morgan fingerprint density at radius 1 is 0.912 bits per heavy atom. The third-order valence-corrected chi connectivity index (χ3v) is 4.95. The molecule has 2 aromatic carbocycles. The molecule has 0 radical (unpaired) electrons. The molecule has 0 saturated carbocycles. The summed E-state index contributed by atoms with van der Waals surface area (Å²) in [5.74, 6) is -0.434. The van der Waals surface area contributed by atoms with Crippen molar-refractivity contribution in [1.82, 2.24) is 5.32 Å². The molecular weight excluding hydrogens is 450 g/mol. The zero-order valence-corrected chi connectivity index (χ0v) is 18.4. The maximum absolute atomic E-state index is 12.4. The molecule has 0 fully saturated rings. The van der Waals surface area contributed by atoms with E-state index in [1.807, 2.05) is 6.92 Å². The summed E-state index contributed by atoms with van der Waals surface area (Å²) in [6.07, 6.45) is -4.38. The standard InChI is InChI=1S/C15H10O5.C8H19NO5/c16-9-3-1-8(2-4-9)11-7-20-13-6-10(17)5-12(18)14(13)15(11)19;1-2-9-3-5(11)7(13)8(14)6(12)4-10/h1-7,16-18H;5-14H,2-4H2,1H3/t;5-,6+,7+,8+/m.0/s1. The summed E-state index contributed by atoms with van der Waals surface area (Å²) < 4.78 is 5.29.